The van der Waals surface area contributed by atoms with Gasteiger partial charge in [-0.25, -0.2) is 0 Å². The molecule has 2 rings (SSSR count). The smallest absolute Gasteiger partial charge is 0.224 e. The largest absolute Gasteiger partial charge is 0.384 e. The van der Waals surface area contributed by atoms with Crippen LogP contribution in [0.4, 0.5) is 5.82 Å². The third kappa shape index (κ3) is 2.85. The molecule has 0 aliphatic carbocycles. The van der Waals surface area contributed by atoms with Gasteiger partial charge in [0.2, 0.25) is 5.91 Å². The van der Waals surface area contributed by atoms with Crippen molar-refractivity contribution in [1.29, 1.82) is 0 Å². The average Bonchev–Trinajstić information content (AvgIpc) is 2.90. The number of nitrogens with one attached hydrogen (secondary N) is 1. The fourth-order valence-electron chi connectivity index (χ4n) is 1.46. The topological polar surface area (TPSA) is 72.9 Å². The monoisotopic (exact) mass is 250 g/mol. The molecule has 1 amide bonds. The van der Waals surface area contributed by atoms with Crippen LogP contribution in [-0.2, 0) is 24.8 Å². The van der Waals surface area contributed by atoms with E-state index >= 15 is 0 Å². The average molecular weight is 250 g/mol. The minimum atomic E-state index is -0.00773. The minimum Gasteiger partial charge on any atom is -0.384 e. The molecule has 0 unspecified atom stereocenters. The van der Waals surface area contributed by atoms with Gasteiger partial charge in [-0.15, -0.1) is 0 Å². The molecular formula is C11H14N4OS. The number of hydrogen-bond acceptors (Lipinski definition) is 4. The van der Waals surface area contributed by atoms with Crippen LogP contribution in [0.1, 0.15) is 11.1 Å². The van der Waals surface area contributed by atoms with E-state index in [1.807, 2.05) is 16.8 Å². The zero-order chi connectivity index (χ0) is 12.3. The quantitative estimate of drug-likeness (QED) is 0.847. The Bertz CT molecular complexity index is 504. The van der Waals surface area contributed by atoms with Crippen LogP contribution in [0.15, 0.2) is 23.0 Å². The van der Waals surface area contributed by atoms with Gasteiger partial charge in [0.15, 0.2) is 0 Å². The van der Waals surface area contributed by atoms with Gasteiger partial charge in [0, 0.05) is 19.2 Å². The number of nitrogens with zero attached hydrogens (tertiary/aromatic N) is 2. The van der Waals surface area contributed by atoms with E-state index in [9.17, 15) is 4.79 Å². The van der Waals surface area contributed by atoms with Gasteiger partial charge in [0.05, 0.1) is 12.6 Å². The summed E-state index contributed by atoms with van der Waals surface area (Å²) in [5.41, 5.74) is 7.65. The Morgan fingerprint density at radius 2 is 2.47 bits per heavy atom. The van der Waals surface area contributed by atoms with Gasteiger partial charge < -0.3 is 11.1 Å². The van der Waals surface area contributed by atoms with E-state index in [1.54, 1.807) is 29.3 Å². The lowest BCUT2D eigenvalue weighted by Gasteiger charge is -2.03. The molecule has 6 heteroatoms. The van der Waals surface area contributed by atoms with Gasteiger partial charge in [-0.3, -0.25) is 9.48 Å². The van der Waals surface area contributed by atoms with E-state index in [2.05, 4.69) is 10.4 Å². The van der Waals surface area contributed by atoms with Crippen molar-refractivity contribution < 1.29 is 4.79 Å². The molecule has 0 saturated carbocycles. The van der Waals surface area contributed by atoms with Gasteiger partial charge in [0.1, 0.15) is 5.82 Å². The van der Waals surface area contributed by atoms with Gasteiger partial charge in [-0.05, 0) is 22.4 Å². The van der Waals surface area contributed by atoms with Crippen molar-refractivity contribution in [1.82, 2.24) is 15.1 Å². The lowest BCUT2D eigenvalue weighted by Crippen LogP contribution is -2.24. The van der Waals surface area contributed by atoms with Crippen LogP contribution in [0.3, 0.4) is 0 Å². The summed E-state index contributed by atoms with van der Waals surface area (Å²) in [6.07, 6.45) is 2.07. The van der Waals surface area contributed by atoms with E-state index < -0.39 is 0 Å². The summed E-state index contributed by atoms with van der Waals surface area (Å²) in [5.74, 6) is 0.576. The molecule has 0 aromatic carbocycles. The van der Waals surface area contributed by atoms with E-state index in [0.29, 0.717) is 18.8 Å². The van der Waals surface area contributed by atoms with Crippen LogP contribution in [0, 0.1) is 0 Å². The summed E-state index contributed by atoms with van der Waals surface area (Å²) in [4.78, 5) is 11.6. The van der Waals surface area contributed by atoms with Crippen molar-refractivity contribution in [3.8, 4) is 0 Å². The lowest BCUT2D eigenvalue weighted by atomic mass is 10.2. The first-order valence-corrected chi connectivity index (χ1v) is 6.15. The fraction of sp³-hybridized carbons (Fsp3) is 0.273. The highest BCUT2D eigenvalue weighted by atomic mass is 32.1. The SMILES string of the molecule is Cn1ncc(CNC(=O)Cc2ccsc2)c1N. The van der Waals surface area contributed by atoms with Crippen LogP contribution in [0.2, 0.25) is 0 Å². The summed E-state index contributed by atoms with van der Waals surface area (Å²) < 4.78 is 1.58. The molecule has 3 N–H and O–H groups in total. The van der Waals surface area contributed by atoms with Gasteiger partial charge in [-0.1, -0.05) is 0 Å². The molecule has 0 aliphatic heterocycles. The van der Waals surface area contributed by atoms with Crippen LogP contribution >= 0.6 is 11.3 Å². The number of aryl methyl sites for hydroxylation is 1. The molecule has 2 aromatic rings. The number of rotatable bonds is 4. The van der Waals surface area contributed by atoms with Crippen molar-refractivity contribution in [2.75, 3.05) is 5.73 Å². The third-order valence-corrected chi connectivity index (χ3v) is 3.22. The Morgan fingerprint density at radius 3 is 3.06 bits per heavy atom. The highest BCUT2D eigenvalue weighted by Gasteiger charge is 2.07. The standard InChI is InChI=1S/C11H14N4OS/c1-15-11(12)9(6-14-15)5-13-10(16)4-8-2-3-17-7-8/h2-3,6-7H,4-5,12H2,1H3,(H,13,16). The molecule has 0 radical (unpaired) electrons. The van der Waals surface area contributed by atoms with E-state index in [0.717, 1.165) is 11.1 Å². The predicted octanol–water partition coefficient (Wildman–Crippen LogP) is 0.923. The first-order chi connectivity index (χ1) is 8.16. The molecule has 0 saturated heterocycles. The molecule has 0 aliphatic rings. The molecular weight excluding hydrogens is 236 g/mol. The zero-order valence-corrected chi connectivity index (χ0v) is 10.3. The lowest BCUT2D eigenvalue weighted by molar-refractivity contribution is -0.120. The molecule has 0 atom stereocenters. The molecule has 2 aromatic heterocycles. The van der Waals surface area contributed by atoms with Crippen molar-refractivity contribution >= 4 is 23.1 Å². The fourth-order valence-corrected chi connectivity index (χ4v) is 2.13. The van der Waals surface area contributed by atoms with Crippen molar-refractivity contribution in [3.05, 3.63) is 34.2 Å². The number of nitrogen functional groups attached to an aromatic ring is 1. The maximum Gasteiger partial charge on any atom is 0.224 e. The molecule has 0 fully saturated rings. The van der Waals surface area contributed by atoms with Crippen LogP contribution < -0.4 is 11.1 Å². The molecule has 5 nitrogen and oxygen atoms in total. The number of amides is 1. The third-order valence-electron chi connectivity index (χ3n) is 2.49. The van der Waals surface area contributed by atoms with E-state index in [4.69, 9.17) is 5.73 Å². The Kier molecular flexibility index (Phi) is 3.43. The van der Waals surface area contributed by atoms with Crippen LogP contribution in [0.25, 0.3) is 0 Å². The van der Waals surface area contributed by atoms with Crippen molar-refractivity contribution in [3.63, 3.8) is 0 Å². The maximum absolute atomic E-state index is 11.6. The molecule has 0 spiro atoms. The number of nitrogens with two attached hydrogens (primary N) is 1. The Balaban J connectivity index is 1.86. The number of carbonyl (C=O) groups is 1. The van der Waals surface area contributed by atoms with Crippen molar-refractivity contribution in [2.45, 2.75) is 13.0 Å². The molecule has 90 valence electrons. The molecule has 17 heavy (non-hydrogen) atoms. The van der Waals surface area contributed by atoms with Crippen LogP contribution in [-0.4, -0.2) is 15.7 Å². The Morgan fingerprint density at radius 1 is 1.65 bits per heavy atom. The highest BCUT2D eigenvalue weighted by Crippen LogP contribution is 2.09. The van der Waals surface area contributed by atoms with Crippen molar-refractivity contribution in [2.24, 2.45) is 7.05 Å². The minimum absolute atomic E-state index is 0.00773. The number of thiophene rings is 1. The predicted molar refractivity (Wildman–Crippen MR) is 67.5 cm³/mol. The second kappa shape index (κ2) is 5.01. The number of carbonyl (C=O) groups excluding carboxylic acids is 1. The zero-order valence-electron chi connectivity index (χ0n) is 9.51. The second-order valence-corrected chi connectivity index (χ2v) is 4.54. The Hall–Kier alpha value is -1.82. The molecule has 2 heterocycles. The second-order valence-electron chi connectivity index (χ2n) is 3.76. The van der Waals surface area contributed by atoms with Gasteiger partial charge in [-0.2, -0.15) is 16.4 Å². The summed E-state index contributed by atoms with van der Waals surface area (Å²) >= 11 is 1.59. The van der Waals surface area contributed by atoms with Crippen LogP contribution in [0.5, 0.6) is 0 Å². The maximum atomic E-state index is 11.6. The highest BCUT2D eigenvalue weighted by molar-refractivity contribution is 7.07. The van der Waals surface area contributed by atoms with E-state index in [-0.39, 0.29) is 5.91 Å². The number of anilines is 1. The Labute approximate surface area is 103 Å². The summed E-state index contributed by atoms with van der Waals surface area (Å²) in [6, 6.07) is 1.95. The number of hydrogen-bond donors (Lipinski definition) is 2. The normalized spacial score (nSPS) is 10.4. The number of aromatic nitrogens is 2. The summed E-state index contributed by atoms with van der Waals surface area (Å²) in [5, 5.41) is 10.8. The van der Waals surface area contributed by atoms with Gasteiger partial charge in [0.25, 0.3) is 0 Å². The summed E-state index contributed by atoms with van der Waals surface area (Å²) in [6.45, 7) is 0.419. The molecule has 0 bridgehead atoms. The van der Waals surface area contributed by atoms with E-state index in [1.165, 1.54) is 0 Å². The first-order valence-electron chi connectivity index (χ1n) is 5.21. The first kappa shape index (κ1) is 11.7. The summed E-state index contributed by atoms with van der Waals surface area (Å²) in [7, 11) is 1.77. The van der Waals surface area contributed by atoms with Gasteiger partial charge >= 0.3 is 0 Å².